The quantitative estimate of drug-likeness (QED) is 0.554. The molecule has 2 aromatic rings. The smallest absolute Gasteiger partial charge is 0.324 e. The molecular formula is C21H24ClF2N3O3. The first-order chi connectivity index (χ1) is 13.9. The van der Waals surface area contributed by atoms with Gasteiger partial charge in [0.1, 0.15) is 17.7 Å². The molecular weight excluding hydrogens is 416 g/mol. The van der Waals surface area contributed by atoms with E-state index in [2.05, 4.69) is 21.9 Å². The second-order valence-corrected chi connectivity index (χ2v) is 8.71. The predicted octanol–water partition coefficient (Wildman–Crippen LogP) is 4.26. The van der Waals surface area contributed by atoms with E-state index in [-0.39, 0.29) is 23.9 Å². The van der Waals surface area contributed by atoms with E-state index in [0.717, 1.165) is 0 Å². The molecule has 0 amide bonds. The Balaban J connectivity index is 1.92. The molecule has 9 heteroatoms. The van der Waals surface area contributed by atoms with E-state index in [4.69, 9.17) is 21.1 Å². The first kappa shape index (κ1) is 22.4. The maximum Gasteiger partial charge on any atom is 0.324 e. The molecule has 1 aromatic carbocycles. The molecule has 1 aromatic heterocycles. The average molecular weight is 440 g/mol. The number of esters is 1. The Morgan fingerprint density at radius 1 is 1.30 bits per heavy atom. The third kappa shape index (κ3) is 4.70. The highest BCUT2D eigenvalue weighted by molar-refractivity contribution is 6.31. The molecule has 0 aliphatic carbocycles. The van der Waals surface area contributed by atoms with Crippen molar-refractivity contribution >= 4 is 28.6 Å². The summed E-state index contributed by atoms with van der Waals surface area (Å²) in [5, 5.41) is 3.44. The number of benzene rings is 1. The second kappa shape index (κ2) is 8.07. The van der Waals surface area contributed by atoms with Crippen molar-refractivity contribution in [3.05, 3.63) is 41.6 Å². The molecule has 0 radical (unpaired) electrons. The van der Waals surface area contributed by atoms with Gasteiger partial charge in [0.2, 0.25) is 5.88 Å². The van der Waals surface area contributed by atoms with E-state index in [9.17, 15) is 13.6 Å². The molecule has 1 aliphatic rings. The molecule has 0 spiro atoms. The molecule has 0 saturated carbocycles. The molecule has 1 fully saturated rings. The summed E-state index contributed by atoms with van der Waals surface area (Å²) in [5.41, 5.74) is -0.698. The zero-order chi connectivity index (χ0) is 22.3. The van der Waals surface area contributed by atoms with E-state index >= 15 is 0 Å². The van der Waals surface area contributed by atoms with E-state index in [1.54, 1.807) is 33.8 Å². The van der Waals surface area contributed by atoms with Gasteiger partial charge in [0, 0.05) is 17.5 Å². The number of ether oxygens (including phenoxy) is 2. The summed E-state index contributed by atoms with van der Waals surface area (Å²) < 4.78 is 40.3. The molecule has 1 saturated heterocycles. The van der Waals surface area contributed by atoms with Crippen LogP contribution >= 0.6 is 11.6 Å². The lowest BCUT2D eigenvalue weighted by atomic mass is 10.0. The van der Waals surface area contributed by atoms with E-state index in [1.165, 1.54) is 12.1 Å². The summed E-state index contributed by atoms with van der Waals surface area (Å²) >= 11 is 5.99. The fraction of sp³-hybridized carbons (Fsp3) is 0.476. The number of halogens is 3. The molecule has 162 valence electrons. The first-order valence-corrected chi connectivity index (χ1v) is 9.91. The number of carbonyl (C=O) groups is 1. The Labute approximate surface area is 178 Å². The van der Waals surface area contributed by atoms with Crippen LogP contribution in [-0.2, 0) is 15.5 Å². The number of aromatic nitrogens is 2. The van der Waals surface area contributed by atoms with Crippen molar-refractivity contribution in [2.75, 3.05) is 6.54 Å². The number of nitrogens with zero attached hydrogens (tertiary/aromatic N) is 2. The third-order valence-electron chi connectivity index (χ3n) is 4.74. The number of hydrogen-bond acceptors (Lipinski definition) is 6. The fourth-order valence-corrected chi connectivity index (χ4v) is 3.36. The predicted molar refractivity (Wildman–Crippen MR) is 110 cm³/mol. The number of nitrogens with one attached hydrogen (secondary N) is 1. The van der Waals surface area contributed by atoms with Gasteiger partial charge >= 0.3 is 11.9 Å². The minimum absolute atomic E-state index is 0.257. The van der Waals surface area contributed by atoms with Crippen LogP contribution in [0.1, 0.15) is 33.4 Å². The van der Waals surface area contributed by atoms with Crippen molar-refractivity contribution in [1.29, 1.82) is 0 Å². The second-order valence-electron chi connectivity index (χ2n) is 8.27. The van der Waals surface area contributed by atoms with Crippen LogP contribution in [0.2, 0.25) is 5.02 Å². The lowest BCUT2D eigenvalue weighted by Gasteiger charge is -2.25. The van der Waals surface area contributed by atoms with Crippen LogP contribution in [0.3, 0.4) is 0 Å². The molecule has 0 bridgehead atoms. The van der Waals surface area contributed by atoms with Crippen molar-refractivity contribution in [3.63, 3.8) is 0 Å². The van der Waals surface area contributed by atoms with Gasteiger partial charge in [-0.15, -0.1) is 0 Å². The topological polar surface area (TPSA) is 73.3 Å². The van der Waals surface area contributed by atoms with Gasteiger partial charge in [0.25, 0.3) is 0 Å². The standard InChI is InChI=1S/C21H24ClF2N3O3/c1-6-21(23,24)17-18(27-14-9-12(22)7-8-13(14)26-17)29-15-10-25-16(11(15)2)19(28)30-20(3,4)5/h6-9,11,15-16,25H,1,10H2,2-5H3/t11-,15+,16+/m1/s1. The molecule has 0 unspecified atom stereocenters. The van der Waals surface area contributed by atoms with Crippen LogP contribution in [0.4, 0.5) is 8.78 Å². The molecule has 1 N–H and O–H groups in total. The van der Waals surface area contributed by atoms with Crippen LogP contribution in [0.15, 0.2) is 30.9 Å². The normalized spacial score (nSPS) is 22.2. The van der Waals surface area contributed by atoms with E-state index < -0.39 is 35.3 Å². The summed E-state index contributed by atoms with van der Waals surface area (Å²) in [5.74, 6) is -4.54. The van der Waals surface area contributed by atoms with Crippen LogP contribution < -0.4 is 10.1 Å². The third-order valence-corrected chi connectivity index (χ3v) is 4.98. The lowest BCUT2D eigenvalue weighted by Crippen LogP contribution is -2.40. The van der Waals surface area contributed by atoms with Crippen molar-refractivity contribution < 1.29 is 23.0 Å². The van der Waals surface area contributed by atoms with E-state index in [1.807, 2.05) is 0 Å². The Kier molecular flexibility index (Phi) is 6.02. The Hall–Kier alpha value is -2.32. The Morgan fingerprint density at radius 3 is 2.63 bits per heavy atom. The monoisotopic (exact) mass is 439 g/mol. The van der Waals surface area contributed by atoms with Gasteiger partial charge in [0.05, 0.1) is 11.0 Å². The van der Waals surface area contributed by atoms with Crippen LogP contribution in [-0.4, -0.2) is 40.2 Å². The summed E-state index contributed by atoms with van der Waals surface area (Å²) in [6.07, 6.45) is -0.0985. The highest BCUT2D eigenvalue weighted by Gasteiger charge is 2.42. The number of fused-ring (bicyclic) bond motifs is 1. The highest BCUT2D eigenvalue weighted by atomic mass is 35.5. The van der Waals surface area contributed by atoms with Crippen LogP contribution in [0, 0.1) is 5.92 Å². The highest BCUT2D eigenvalue weighted by Crippen LogP contribution is 2.36. The van der Waals surface area contributed by atoms with Crippen molar-refractivity contribution in [3.8, 4) is 5.88 Å². The van der Waals surface area contributed by atoms with Crippen molar-refractivity contribution in [2.45, 2.75) is 51.4 Å². The summed E-state index contributed by atoms with van der Waals surface area (Å²) in [6.45, 7) is 10.6. The Morgan fingerprint density at radius 2 is 2.00 bits per heavy atom. The number of alkyl halides is 2. The minimum atomic E-state index is -3.45. The van der Waals surface area contributed by atoms with Gasteiger partial charge in [-0.3, -0.25) is 4.79 Å². The van der Waals surface area contributed by atoms with Crippen molar-refractivity contribution in [2.24, 2.45) is 5.92 Å². The van der Waals surface area contributed by atoms with Crippen LogP contribution in [0.5, 0.6) is 5.88 Å². The molecule has 6 nitrogen and oxygen atoms in total. The van der Waals surface area contributed by atoms with E-state index in [0.29, 0.717) is 16.6 Å². The zero-order valence-corrected chi connectivity index (χ0v) is 18.0. The summed E-state index contributed by atoms with van der Waals surface area (Å²) in [7, 11) is 0. The SMILES string of the molecule is C=CC(F)(F)c1nc2ccc(Cl)cc2nc1O[C@H]1CN[C@H](C(=O)OC(C)(C)C)[C@@H]1C. The molecule has 30 heavy (non-hydrogen) atoms. The zero-order valence-electron chi connectivity index (χ0n) is 17.2. The van der Waals surface area contributed by atoms with Crippen molar-refractivity contribution in [1.82, 2.24) is 15.3 Å². The summed E-state index contributed by atoms with van der Waals surface area (Å²) in [6, 6.07) is 3.95. The molecule has 3 rings (SSSR count). The van der Waals surface area contributed by atoms with Gasteiger partial charge in [-0.1, -0.05) is 25.1 Å². The maximum atomic E-state index is 14.5. The largest absolute Gasteiger partial charge is 0.471 e. The minimum Gasteiger partial charge on any atom is -0.471 e. The van der Waals surface area contributed by atoms with Gasteiger partial charge in [-0.05, 0) is 45.0 Å². The van der Waals surface area contributed by atoms with Gasteiger partial charge in [-0.2, -0.15) is 8.78 Å². The first-order valence-electron chi connectivity index (χ1n) is 9.53. The molecule has 3 atom stereocenters. The average Bonchev–Trinajstić information content (AvgIpc) is 3.00. The number of hydrogen-bond donors (Lipinski definition) is 1. The van der Waals surface area contributed by atoms with Crippen LogP contribution in [0.25, 0.3) is 11.0 Å². The summed E-state index contributed by atoms with van der Waals surface area (Å²) in [4.78, 5) is 20.7. The molecule has 1 aliphatic heterocycles. The van der Waals surface area contributed by atoms with Gasteiger partial charge in [-0.25, -0.2) is 9.97 Å². The van der Waals surface area contributed by atoms with Gasteiger partial charge < -0.3 is 14.8 Å². The Bertz CT molecular complexity index is 978. The fourth-order valence-electron chi connectivity index (χ4n) is 3.19. The maximum absolute atomic E-state index is 14.5. The lowest BCUT2D eigenvalue weighted by molar-refractivity contribution is -0.158. The van der Waals surface area contributed by atoms with Gasteiger partial charge in [0.15, 0.2) is 5.69 Å². The number of allylic oxidation sites excluding steroid dienone is 1. The number of rotatable bonds is 5. The number of carbonyl (C=O) groups excluding carboxylic acids is 1. The molecule has 2 heterocycles.